The Morgan fingerprint density at radius 3 is 2.60 bits per heavy atom. The van der Waals surface area contributed by atoms with Gasteiger partial charge in [-0.3, -0.25) is 0 Å². The van der Waals surface area contributed by atoms with Crippen LogP contribution >= 0.6 is 0 Å². The standard InChI is InChI=1S/C17H30N2O/c1-4-6-7-8-10-14(3)20-17-12-15(13-18)11-16(19-17)9-5-2/h11-12,14H,4-10,13,18H2,1-3H3. The molecule has 1 atom stereocenters. The summed E-state index contributed by atoms with van der Waals surface area (Å²) in [5.41, 5.74) is 7.94. The molecule has 0 saturated carbocycles. The summed E-state index contributed by atoms with van der Waals surface area (Å²) in [6.45, 7) is 7.06. The second kappa shape index (κ2) is 9.76. The molecule has 20 heavy (non-hydrogen) atoms. The number of nitrogens with zero attached hydrogens (tertiary/aromatic N) is 1. The SMILES string of the molecule is CCCCCCC(C)Oc1cc(CN)cc(CCC)n1. The van der Waals surface area contributed by atoms with Crippen LogP contribution in [0.5, 0.6) is 5.88 Å². The Kier molecular flexibility index (Phi) is 8.28. The number of aromatic nitrogens is 1. The van der Waals surface area contributed by atoms with Crippen molar-refractivity contribution in [2.75, 3.05) is 0 Å². The predicted molar refractivity (Wildman–Crippen MR) is 85.0 cm³/mol. The lowest BCUT2D eigenvalue weighted by molar-refractivity contribution is 0.197. The zero-order valence-electron chi connectivity index (χ0n) is 13.3. The summed E-state index contributed by atoms with van der Waals surface area (Å²) in [6.07, 6.45) is 8.50. The molecule has 0 fully saturated rings. The van der Waals surface area contributed by atoms with Crippen molar-refractivity contribution in [2.45, 2.75) is 78.4 Å². The summed E-state index contributed by atoms with van der Waals surface area (Å²) in [5, 5.41) is 0. The van der Waals surface area contributed by atoms with Crippen molar-refractivity contribution >= 4 is 0 Å². The molecule has 114 valence electrons. The van der Waals surface area contributed by atoms with Crippen LogP contribution in [0.3, 0.4) is 0 Å². The first kappa shape index (κ1) is 17.0. The van der Waals surface area contributed by atoms with Gasteiger partial charge in [-0.1, -0.05) is 39.5 Å². The van der Waals surface area contributed by atoms with Gasteiger partial charge < -0.3 is 10.5 Å². The van der Waals surface area contributed by atoms with Crippen molar-refractivity contribution in [1.29, 1.82) is 0 Å². The Hall–Kier alpha value is -1.09. The van der Waals surface area contributed by atoms with E-state index < -0.39 is 0 Å². The van der Waals surface area contributed by atoms with Gasteiger partial charge in [0.15, 0.2) is 0 Å². The van der Waals surface area contributed by atoms with Gasteiger partial charge in [-0.2, -0.15) is 0 Å². The van der Waals surface area contributed by atoms with Gasteiger partial charge in [-0.25, -0.2) is 4.98 Å². The highest BCUT2D eigenvalue weighted by Gasteiger charge is 2.07. The quantitative estimate of drug-likeness (QED) is 0.651. The molecule has 0 aromatic carbocycles. The minimum absolute atomic E-state index is 0.224. The van der Waals surface area contributed by atoms with Crippen LogP contribution in [0.25, 0.3) is 0 Å². The number of nitrogens with two attached hydrogens (primary N) is 1. The third-order valence-corrected chi connectivity index (χ3v) is 3.44. The van der Waals surface area contributed by atoms with E-state index in [-0.39, 0.29) is 6.10 Å². The maximum atomic E-state index is 5.96. The average Bonchev–Trinajstić information content (AvgIpc) is 2.43. The number of hydrogen-bond donors (Lipinski definition) is 1. The van der Waals surface area contributed by atoms with Crippen LogP contribution in [-0.4, -0.2) is 11.1 Å². The molecule has 0 spiro atoms. The fraction of sp³-hybridized carbons (Fsp3) is 0.706. The molecule has 0 saturated heterocycles. The highest BCUT2D eigenvalue weighted by molar-refractivity contribution is 5.25. The van der Waals surface area contributed by atoms with Gasteiger partial charge in [0.2, 0.25) is 5.88 Å². The molecular weight excluding hydrogens is 248 g/mol. The number of unbranched alkanes of at least 4 members (excludes halogenated alkanes) is 3. The van der Waals surface area contributed by atoms with E-state index in [2.05, 4.69) is 31.8 Å². The maximum absolute atomic E-state index is 5.96. The summed E-state index contributed by atoms with van der Waals surface area (Å²) in [5.74, 6) is 0.736. The lowest BCUT2D eigenvalue weighted by atomic mass is 10.1. The molecule has 1 aromatic heterocycles. The molecule has 1 unspecified atom stereocenters. The summed E-state index contributed by atoms with van der Waals surface area (Å²) in [7, 11) is 0. The monoisotopic (exact) mass is 278 g/mol. The number of pyridine rings is 1. The van der Waals surface area contributed by atoms with Gasteiger partial charge in [-0.15, -0.1) is 0 Å². The molecule has 0 amide bonds. The van der Waals surface area contributed by atoms with Crippen molar-refractivity contribution < 1.29 is 4.74 Å². The van der Waals surface area contributed by atoms with Crippen LogP contribution in [0.1, 0.15) is 70.6 Å². The van der Waals surface area contributed by atoms with E-state index in [1.165, 1.54) is 25.7 Å². The minimum atomic E-state index is 0.224. The number of aryl methyl sites for hydroxylation is 1. The van der Waals surface area contributed by atoms with Gasteiger partial charge in [0, 0.05) is 18.3 Å². The second-order valence-electron chi connectivity index (χ2n) is 5.54. The Labute approximate surface area is 123 Å². The Bertz CT molecular complexity index is 379. The molecule has 0 bridgehead atoms. The normalized spacial score (nSPS) is 12.4. The fourth-order valence-electron chi connectivity index (χ4n) is 2.31. The van der Waals surface area contributed by atoms with E-state index in [0.717, 1.165) is 36.4 Å². The Morgan fingerprint density at radius 1 is 1.15 bits per heavy atom. The van der Waals surface area contributed by atoms with Crippen LogP contribution < -0.4 is 10.5 Å². The summed E-state index contributed by atoms with van der Waals surface area (Å²) in [6, 6.07) is 4.06. The molecule has 1 aromatic rings. The Balaban J connectivity index is 2.54. The zero-order chi connectivity index (χ0) is 14.8. The molecule has 0 aliphatic rings. The third kappa shape index (κ3) is 6.38. The lowest BCUT2D eigenvalue weighted by Gasteiger charge is -2.15. The third-order valence-electron chi connectivity index (χ3n) is 3.44. The van der Waals surface area contributed by atoms with Crippen LogP contribution in [0, 0.1) is 0 Å². The van der Waals surface area contributed by atoms with Gasteiger partial charge in [-0.05, 0) is 37.8 Å². The van der Waals surface area contributed by atoms with Gasteiger partial charge >= 0.3 is 0 Å². The molecular formula is C17H30N2O. The lowest BCUT2D eigenvalue weighted by Crippen LogP contribution is -2.13. The average molecular weight is 278 g/mol. The molecule has 1 rings (SSSR count). The maximum Gasteiger partial charge on any atom is 0.214 e. The van der Waals surface area contributed by atoms with Gasteiger partial charge in [0.05, 0.1) is 6.10 Å². The Morgan fingerprint density at radius 2 is 1.95 bits per heavy atom. The van der Waals surface area contributed by atoms with Crippen LogP contribution in [0.2, 0.25) is 0 Å². The van der Waals surface area contributed by atoms with E-state index in [0.29, 0.717) is 6.54 Å². The number of hydrogen-bond acceptors (Lipinski definition) is 3. The van der Waals surface area contributed by atoms with Crippen molar-refractivity contribution in [3.05, 3.63) is 23.4 Å². The molecule has 2 N–H and O–H groups in total. The van der Waals surface area contributed by atoms with E-state index in [9.17, 15) is 0 Å². The molecule has 0 aliphatic carbocycles. The van der Waals surface area contributed by atoms with Crippen molar-refractivity contribution in [3.8, 4) is 5.88 Å². The van der Waals surface area contributed by atoms with E-state index >= 15 is 0 Å². The first-order valence-corrected chi connectivity index (χ1v) is 8.06. The molecule has 0 aliphatic heterocycles. The van der Waals surface area contributed by atoms with Crippen LogP contribution in [0.15, 0.2) is 12.1 Å². The topological polar surface area (TPSA) is 48.1 Å². The van der Waals surface area contributed by atoms with Crippen molar-refractivity contribution in [2.24, 2.45) is 5.73 Å². The number of rotatable bonds is 10. The van der Waals surface area contributed by atoms with Gasteiger partial charge in [0.1, 0.15) is 0 Å². The van der Waals surface area contributed by atoms with Crippen molar-refractivity contribution in [3.63, 3.8) is 0 Å². The van der Waals surface area contributed by atoms with Gasteiger partial charge in [0.25, 0.3) is 0 Å². The van der Waals surface area contributed by atoms with E-state index in [1.807, 2.05) is 6.07 Å². The zero-order valence-corrected chi connectivity index (χ0v) is 13.3. The second-order valence-corrected chi connectivity index (χ2v) is 5.54. The highest BCUT2D eigenvalue weighted by atomic mass is 16.5. The van der Waals surface area contributed by atoms with Crippen LogP contribution in [0.4, 0.5) is 0 Å². The van der Waals surface area contributed by atoms with E-state index in [1.54, 1.807) is 0 Å². The molecule has 3 heteroatoms. The highest BCUT2D eigenvalue weighted by Crippen LogP contribution is 2.17. The molecule has 1 heterocycles. The smallest absolute Gasteiger partial charge is 0.214 e. The summed E-state index contributed by atoms with van der Waals surface area (Å²) >= 11 is 0. The summed E-state index contributed by atoms with van der Waals surface area (Å²) < 4.78 is 5.96. The number of ether oxygens (including phenoxy) is 1. The summed E-state index contributed by atoms with van der Waals surface area (Å²) in [4.78, 5) is 4.58. The molecule has 0 radical (unpaired) electrons. The van der Waals surface area contributed by atoms with Crippen molar-refractivity contribution in [1.82, 2.24) is 4.98 Å². The first-order chi connectivity index (χ1) is 9.69. The van der Waals surface area contributed by atoms with E-state index in [4.69, 9.17) is 10.5 Å². The first-order valence-electron chi connectivity index (χ1n) is 8.06. The largest absolute Gasteiger partial charge is 0.475 e. The van der Waals surface area contributed by atoms with Crippen LogP contribution in [-0.2, 0) is 13.0 Å². The minimum Gasteiger partial charge on any atom is -0.475 e. The fourth-order valence-corrected chi connectivity index (χ4v) is 2.31. The predicted octanol–water partition coefficient (Wildman–Crippen LogP) is 4.23. The molecule has 3 nitrogen and oxygen atoms in total.